The van der Waals surface area contributed by atoms with Crippen molar-refractivity contribution in [3.63, 3.8) is 0 Å². The van der Waals surface area contributed by atoms with E-state index in [4.69, 9.17) is 0 Å². The van der Waals surface area contributed by atoms with E-state index in [-0.39, 0.29) is 0 Å². The second-order valence-corrected chi connectivity index (χ2v) is 6.24. The van der Waals surface area contributed by atoms with Crippen LogP contribution >= 0.6 is 15.9 Å². The lowest BCUT2D eigenvalue weighted by molar-refractivity contribution is 0.356. The van der Waals surface area contributed by atoms with E-state index in [2.05, 4.69) is 28.2 Å². The summed E-state index contributed by atoms with van der Waals surface area (Å²) >= 11 is 3.36. The SMILES string of the molecule is CC1CCCCCC1NCc1ccc(O)c(Br)c1. The van der Waals surface area contributed by atoms with E-state index in [0.717, 1.165) is 16.9 Å². The molecule has 100 valence electrons. The van der Waals surface area contributed by atoms with Gasteiger partial charge in [0.2, 0.25) is 0 Å². The summed E-state index contributed by atoms with van der Waals surface area (Å²) in [7, 11) is 0. The zero-order chi connectivity index (χ0) is 13.0. The van der Waals surface area contributed by atoms with Gasteiger partial charge >= 0.3 is 0 Å². The molecule has 0 heterocycles. The molecule has 0 spiro atoms. The molecule has 0 radical (unpaired) electrons. The number of phenols is 1. The molecule has 0 aliphatic heterocycles. The summed E-state index contributed by atoms with van der Waals surface area (Å²) in [5.74, 6) is 1.08. The van der Waals surface area contributed by atoms with Crippen molar-refractivity contribution in [3.8, 4) is 5.75 Å². The summed E-state index contributed by atoms with van der Waals surface area (Å²) in [6.07, 6.45) is 6.75. The van der Waals surface area contributed by atoms with Crippen molar-refractivity contribution in [1.82, 2.24) is 5.32 Å². The third-order valence-corrected chi connectivity index (χ3v) is 4.58. The van der Waals surface area contributed by atoms with Gasteiger partial charge in [0, 0.05) is 12.6 Å². The normalized spacial score (nSPS) is 24.8. The number of phenolic OH excluding ortho intramolecular Hbond substituents is 1. The van der Waals surface area contributed by atoms with Crippen LogP contribution in [0.5, 0.6) is 5.75 Å². The van der Waals surface area contributed by atoms with Gasteiger partial charge in [0.25, 0.3) is 0 Å². The fourth-order valence-corrected chi connectivity index (χ4v) is 3.13. The summed E-state index contributed by atoms with van der Waals surface area (Å²) in [5, 5.41) is 13.1. The maximum atomic E-state index is 9.47. The lowest BCUT2D eigenvalue weighted by atomic mass is 9.97. The Kier molecular flexibility index (Phi) is 5.07. The van der Waals surface area contributed by atoms with Gasteiger partial charge < -0.3 is 10.4 Å². The highest BCUT2D eigenvalue weighted by Crippen LogP contribution is 2.26. The van der Waals surface area contributed by atoms with Crippen LogP contribution in [-0.2, 0) is 6.54 Å². The molecule has 2 N–H and O–H groups in total. The molecular formula is C15H22BrNO. The molecule has 2 nitrogen and oxygen atoms in total. The molecular weight excluding hydrogens is 290 g/mol. The Morgan fingerprint density at radius 3 is 2.83 bits per heavy atom. The van der Waals surface area contributed by atoms with Gasteiger partial charge in [-0.1, -0.05) is 32.3 Å². The maximum Gasteiger partial charge on any atom is 0.129 e. The predicted molar refractivity (Wildman–Crippen MR) is 78.7 cm³/mol. The van der Waals surface area contributed by atoms with Crippen LogP contribution in [0.4, 0.5) is 0 Å². The van der Waals surface area contributed by atoms with Crippen LogP contribution in [0, 0.1) is 5.92 Å². The van der Waals surface area contributed by atoms with Crippen LogP contribution in [0.25, 0.3) is 0 Å². The first-order chi connectivity index (χ1) is 8.66. The Bertz CT molecular complexity index is 394. The number of benzene rings is 1. The van der Waals surface area contributed by atoms with Crippen LogP contribution in [0.3, 0.4) is 0 Å². The van der Waals surface area contributed by atoms with Crippen LogP contribution in [0.15, 0.2) is 22.7 Å². The van der Waals surface area contributed by atoms with Crippen LogP contribution < -0.4 is 5.32 Å². The van der Waals surface area contributed by atoms with E-state index in [1.54, 1.807) is 6.07 Å². The number of hydrogen-bond acceptors (Lipinski definition) is 2. The summed E-state index contributed by atoms with van der Waals surface area (Å²) in [5.41, 5.74) is 1.22. The van der Waals surface area contributed by atoms with Gasteiger partial charge in [0.1, 0.15) is 5.75 Å². The van der Waals surface area contributed by atoms with E-state index in [9.17, 15) is 5.11 Å². The average Bonchev–Trinajstić information content (AvgIpc) is 2.56. The van der Waals surface area contributed by atoms with E-state index < -0.39 is 0 Å². The van der Waals surface area contributed by atoms with Gasteiger partial charge in [0.05, 0.1) is 4.47 Å². The number of hydrogen-bond donors (Lipinski definition) is 2. The highest BCUT2D eigenvalue weighted by atomic mass is 79.9. The number of rotatable bonds is 3. The smallest absolute Gasteiger partial charge is 0.129 e. The monoisotopic (exact) mass is 311 g/mol. The Hall–Kier alpha value is -0.540. The summed E-state index contributed by atoms with van der Waals surface area (Å²) in [6.45, 7) is 3.24. The zero-order valence-electron chi connectivity index (χ0n) is 11.0. The Morgan fingerprint density at radius 1 is 1.28 bits per heavy atom. The lowest BCUT2D eigenvalue weighted by Crippen LogP contribution is -2.33. The van der Waals surface area contributed by atoms with Crippen molar-refractivity contribution in [3.05, 3.63) is 28.2 Å². The first-order valence-electron chi connectivity index (χ1n) is 6.87. The van der Waals surface area contributed by atoms with Crippen molar-refractivity contribution in [2.45, 2.75) is 51.6 Å². The Balaban J connectivity index is 1.91. The van der Waals surface area contributed by atoms with Crippen LogP contribution in [0.2, 0.25) is 0 Å². The van der Waals surface area contributed by atoms with Crippen molar-refractivity contribution in [1.29, 1.82) is 0 Å². The van der Waals surface area contributed by atoms with Gasteiger partial charge in [-0.05, 0) is 52.4 Å². The molecule has 2 rings (SSSR count). The maximum absolute atomic E-state index is 9.47. The molecule has 1 aliphatic rings. The summed E-state index contributed by atoms with van der Waals surface area (Å²) < 4.78 is 0.774. The third kappa shape index (κ3) is 3.72. The topological polar surface area (TPSA) is 32.3 Å². The fraction of sp³-hybridized carbons (Fsp3) is 0.600. The molecule has 0 bridgehead atoms. The summed E-state index contributed by atoms with van der Waals surface area (Å²) in [4.78, 5) is 0. The van der Waals surface area contributed by atoms with Crippen molar-refractivity contribution in [2.75, 3.05) is 0 Å². The molecule has 1 aliphatic carbocycles. The molecule has 18 heavy (non-hydrogen) atoms. The third-order valence-electron chi connectivity index (χ3n) is 3.94. The quantitative estimate of drug-likeness (QED) is 0.819. The van der Waals surface area contributed by atoms with Crippen molar-refractivity contribution in [2.24, 2.45) is 5.92 Å². The lowest BCUT2D eigenvalue weighted by Gasteiger charge is -2.23. The van der Waals surface area contributed by atoms with Crippen molar-refractivity contribution >= 4 is 15.9 Å². The molecule has 1 aromatic carbocycles. The van der Waals surface area contributed by atoms with Gasteiger partial charge in [-0.15, -0.1) is 0 Å². The second-order valence-electron chi connectivity index (χ2n) is 5.39. The summed E-state index contributed by atoms with van der Waals surface area (Å²) in [6, 6.07) is 6.36. The highest BCUT2D eigenvalue weighted by molar-refractivity contribution is 9.10. The molecule has 1 saturated carbocycles. The van der Waals surface area contributed by atoms with Gasteiger partial charge in [-0.3, -0.25) is 0 Å². The van der Waals surface area contributed by atoms with E-state index in [1.165, 1.54) is 37.7 Å². The van der Waals surface area contributed by atoms with E-state index in [1.807, 2.05) is 12.1 Å². The Labute approximate surface area is 118 Å². The van der Waals surface area contributed by atoms with E-state index in [0.29, 0.717) is 11.8 Å². The molecule has 3 heteroatoms. The molecule has 1 aromatic rings. The first-order valence-corrected chi connectivity index (χ1v) is 7.67. The molecule has 2 unspecified atom stereocenters. The Morgan fingerprint density at radius 2 is 2.06 bits per heavy atom. The van der Waals surface area contributed by atoms with Gasteiger partial charge in [0.15, 0.2) is 0 Å². The van der Waals surface area contributed by atoms with Gasteiger partial charge in [-0.25, -0.2) is 0 Å². The zero-order valence-corrected chi connectivity index (χ0v) is 12.5. The highest BCUT2D eigenvalue weighted by Gasteiger charge is 2.19. The predicted octanol–water partition coefficient (Wildman–Crippen LogP) is 4.21. The molecule has 0 aromatic heterocycles. The minimum absolute atomic E-state index is 0.307. The number of nitrogens with one attached hydrogen (secondary N) is 1. The van der Waals surface area contributed by atoms with Crippen LogP contribution in [-0.4, -0.2) is 11.1 Å². The standard InChI is InChI=1S/C15H22BrNO/c1-11-5-3-2-4-6-14(11)17-10-12-7-8-15(18)13(16)9-12/h7-9,11,14,17-18H,2-6,10H2,1H3. The van der Waals surface area contributed by atoms with E-state index >= 15 is 0 Å². The minimum Gasteiger partial charge on any atom is -0.507 e. The second kappa shape index (κ2) is 6.58. The molecule has 0 saturated heterocycles. The molecule has 0 amide bonds. The molecule has 1 fully saturated rings. The average molecular weight is 312 g/mol. The fourth-order valence-electron chi connectivity index (χ4n) is 2.71. The number of halogens is 1. The van der Waals surface area contributed by atoms with Gasteiger partial charge in [-0.2, -0.15) is 0 Å². The molecule has 2 atom stereocenters. The first kappa shape index (κ1) is 13.9. The van der Waals surface area contributed by atoms with Crippen molar-refractivity contribution < 1.29 is 5.11 Å². The van der Waals surface area contributed by atoms with Crippen LogP contribution in [0.1, 0.15) is 44.6 Å². The minimum atomic E-state index is 0.307. The number of aromatic hydroxyl groups is 1. The largest absolute Gasteiger partial charge is 0.507 e.